The van der Waals surface area contributed by atoms with Gasteiger partial charge in [-0.3, -0.25) is 4.90 Å². The Hall–Kier alpha value is -0.900. The summed E-state index contributed by atoms with van der Waals surface area (Å²) in [6, 6.07) is 0.642. The van der Waals surface area contributed by atoms with E-state index in [1.165, 1.54) is 18.4 Å². The summed E-state index contributed by atoms with van der Waals surface area (Å²) in [4.78, 5) is 2.55. The molecule has 2 heterocycles. The van der Waals surface area contributed by atoms with Crippen LogP contribution in [0, 0.1) is 0 Å². The van der Waals surface area contributed by atoms with E-state index in [0.717, 1.165) is 32.7 Å². The number of nitrogens with zero attached hydrogens (tertiary/aromatic N) is 1. The van der Waals surface area contributed by atoms with Crippen molar-refractivity contribution >= 4 is 0 Å². The van der Waals surface area contributed by atoms with Crippen molar-refractivity contribution in [3.05, 3.63) is 37.0 Å². The molecule has 1 unspecified atom stereocenters. The van der Waals surface area contributed by atoms with E-state index in [0.29, 0.717) is 6.04 Å². The number of epoxide rings is 1. The highest BCUT2D eigenvalue weighted by Crippen LogP contribution is 2.40. The minimum absolute atomic E-state index is 0.0835. The molecule has 2 rings (SSSR count). The summed E-state index contributed by atoms with van der Waals surface area (Å²) in [6.45, 7) is 14.0. The van der Waals surface area contributed by atoms with Gasteiger partial charge in [-0.15, -0.1) is 0 Å². The molecule has 2 aliphatic rings. The molecule has 0 aromatic carbocycles. The first-order chi connectivity index (χ1) is 9.25. The van der Waals surface area contributed by atoms with Gasteiger partial charge in [-0.2, -0.15) is 0 Å². The Morgan fingerprint density at radius 2 is 2.11 bits per heavy atom. The second-order valence-electron chi connectivity index (χ2n) is 5.36. The van der Waals surface area contributed by atoms with Crippen molar-refractivity contribution in [3.63, 3.8) is 0 Å². The van der Waals surface area contributed by atoms with Gasteiger partial charge in [-0.1, -0.05) is 38.3 Å². The van der Waals surface area contributed by atoms with Crippen molar-refractivity contribution < 1.29 is 4.74 Å². The van der Waals surface area contributed by atoms with E-state index in [4.69, 9.17) is 4.74 Å². The maximum absolute atomic E-state index is 5.86. The first-order valence-corrected chi connectivity index (χ1v) is 7.31. The molecule has 2 fully saturated rings. The van der Waals surface area contributed by atoms with Crippen LogP contribution in [-0.2, 0) is 4.74 Å². The average molecular weight is 262 g/mol. The van der Waals surface area contributed by atoms with Gasteiger partial charge >= 0.3 is 0 Å². The van der Waals surface area contributed by atoms with Crippen molar-refractivity contribution in [3.8, 4) is 0 Å². The summed E-state index contributed by atoms with van der Waals surface area (Å²) in [7, 11) is 0. The van der Waals surface area contributed by atoms with Crippen molar-refractivity contribution in [2.45, 2.75) is 38.0 Å². The van der Waals surface area contributed by atoms with Crippen LogP contribution in [-0.4, -0.2) is 42.9 Å². The molecule has 0 radical (unpaired) electrons. The van der Waals surface area contributed by atoms with Gasteiger partial charge in [0.15, 0.2) is 0 Å². The average Bonchev–Trinajstić information content (AvgIpc) is 3.21. The predicted molar refractivity (Wildman–Crippen MR) is 80.0 cm³/mol. The second-order valence-corrected chi connectivity index (χ2v) is 5.36. The van der Waals surface area contributed by atoms with Gasteiger partial charge in [0.2, 0.25) is 0 Å². The molecule has 0 amide bonds. The Morgan fingerprint density at radius 1 is 1.42 bits per heavy atom. The van der Waals surface area contributed by atoms with Gasteiger partial charge in [0.25, 0.3) is 0 Å². The molecule has 3 nitrogen and oxygen atoms in total. The molecule has 2 aliphatic heterocycles. The van der Waals surface area contributed by atoms with Crippen LogP contribution in [0.1, 0.15) is 26.2 Å². The molecule has 1 atom stereocenters. The van der Waals surface area contributed by atoms with Gasteiger partial charge in [0.1, 0.15) is 5.72 Å². The van der Waals surface area contributed by atoms with E-state index in [2.05, 4.69) is 30.3 Å². The summed E-state index contributed by atoms with van der Waals surface area (Å²) in [6.07, 6.45) is 9.13. The predicted octanol–water partition coefficient (Wildman–Crippen LogP) is 2.48. The van der Waals surface area contributed by atoms with E-state index < -0.39 is 0 Å². The van der Waals surface area contributed by atoms with Crippen LogP contribution in [0.2, 0.25) is 0 Å². The molecular weight excluding hydrogens is 236 g/mol. The molecule has 2 saturated heterocycles. The SMILES string of the molecule is C=C/C=C(\C=C)CC1(N(CC)C2CCNCC2)CO1. The fraction of sp³-hybridized carbons (Fsp3) is 0.625. The third kappa shape index (κ3) is 3.35. The number of ether oxygens (including phenoxy) is 1. The summed E-state index contributed by atoms with van der Waals surface area (Å²) < 4.78 is 5.86. The zero-order valence-electron chi connectivity index (χ0n) is 12.0. The van der Waals surface area contributed by atoms with E-state index >= 15 is 0 Å². The largest absolute Gasteiger partial charge is 0.353 e. The highest BCUT2D eigenvalue weighted by atomic mass is 16.6. The second kappa shape index (κ2) is 6.51. The molecule has 3 heteroatoms. The molecule has 1 N–H and O–H groups in total. The number of allylic oxidation sites excluding steroid dienone is 3. The van der Waals surface area contributed by atoms with Crippen molar-refractivity contribution in [1.82, 2.24) is 10.2 Å². The Morgan fingerprint density at radius 3 is 2.58 bits per heavy atom. The standard InChI is InChI=1S/C16H26N2O/c1-4-7-14(5-2)12-16(13-19-16)18(6-3)15-8-10-17-11-9-15/h4-5,7,15,17H,1-2,6,8-13H2,3H3/b14-7+. The third-order valence-corrected chi connectivity index (χ3v) is 4.17. The Kier molecular flexibility index (Phi) is 4.97. The van der Waals surface area contributed by atoms with Crippen molar-refractivity contribution in [1.29, 1.82) is 0 Å². The van der Waals surface area contributed by atoms with Crippen LogP contribution in [0.5, 0.6) is 0 Å². The number of hydrogen-bond donors (Lipinski definition) is 1. The number of likely N-dealkylation sites (N-methyl/N-ethyl adjacent to an activating group) is 1. The Labute approximate surface area is 117 Å². The van der Waals surface area contributed by atoms with Crippen LogP contribution in [0.15, 0.2) is 37.0 Å². The third-order valence-electron chi connectivity index (χ3n) is 4.17. The fourth-order valence-electron chi connectivity index (χ4n) is 3.12. The van der Waals surface area contributed by atoms with Crippen LogP contribution in [0.3, 0.4) is 0 Å². The lowest BCUT2D eigenvalue weighted by Gasteiger charge is -2.38. The molecule has 106 valence electrons. The highest BCUT2D eigenvalue weighted by molar-refractivity contribution is 5.24. The van der Waals surface area contributed by atoms with Crippen LogP contribution >= 0.6 is 0 Å². The van der Waals surface area contributed by atoms with E-state index in [-0.39, 0.29) is 5.72 Å². The van der Waals surface area contributed by atoms with Crippen molar-refractivity contribution in [2.24, 2.45) is 0 Å². The van der Waals surface area contributed by atoms with Gasteiger partial charge < -0.3 is 10.1 Å². The lowest BCUT2D eigenvalue weighted by molar-refractivity contribution is 0.0300. The minimum atomic E-state index is -0.0835. The maximum atomic E-state index is 5.86. The fourth-order valence-corrected chi connectivity index (χ4v) is 3.12. The van der Waals surface area contributed by atoms with Crippen molar-refractivity contribution in [2.75, 3.05) is 26.2 Å². The summed E-state index contributed by atoms with van der Waals surface area (Å²) in [5, 5.41) is 3.43. The normalized spacial score (nSPS) is 28.4. The Bertz CT molecular complexity index is 352. The maximum Gasteiger partial charge on any atom is 0.149 e. The lowest BCUT2D eigenvalue weighted by Crippen LogP contribution is -2.50. The first-order valence-electron chi connectivity index (χ1n) is 7.31. The molecule has 0 aliphatic carbocycles. The Balaban J connectivity index is 2.06. The molecule has 0 aromatic heterocycles. The summed E-state index contributed by atoms with van der Waals surface area (Å²) >= 11 is 0. The van der Waals surface area contributed by atoms with Gasteiger partial charge in [0.05, 0.1) is 6.61 Å². The molecular formula is C16H26N2O. The molecule has 0 spiro atoms. The quantitative estimate of drug-likeness (QED) is 0.564. The molecule has 0 aromatic rings. The first kappa shape index (κ1) is 14.5. The van der Waals surface area contributed by atoms with Gasteiger partial charge in [0, 0.05) is 12.5 Å². The van der Waals surface area contributed by atoms with Crippen LogP contribution < -0.4 is 5.32 Å². The van der Waals surface area contributed by atoms with E-state index in [1.54, 1.807) is 0 Å². The zero-order chi connectivity index (χ0) is 13.7. The zero-order valence-corrected chi connectivity index (χ0v) is 12.0. The van der Waals surface area contributed by atoms with Gasteiger partial charge in [-0.25, -0.2) is 0 Å². The smallest absolute Gasteiger partial charge is 0.149 e. The van der Waals surface area contributed by atoms with E-state index in [1.807, 2.05) is 18.2 Å². The van der Waals surface area contributed by atoms with Crippen LogP contribution in [0.4, 0.5) is 0 Å². The topological polar surface area (TPSA) is 27.8 Å². The number of piperidine rings is 1. The lowest BCUT2D eigenvalue weighted by atomic mass is 9.98. The number of rotatable bonds is 7. The summed E-state index contributed by atoms with van der Waals surface area (Å²) in [5.41, 5.74) is 1.12. The molecule has 0 saturated carbocycles. The minimum Gasteiger partial charge on any atom is -0.353 e. The van der Waals surface area contributed by atoms with Gasteiger partial charge in [-0.05, 0) is 38.0 Å². The monoisotopic (exact) mass is 262 g/mol. The number of nitrogens with one attached hydrogen (secondary N) is 1. The highest BCUT2D eigenvalue weighted by Gasteiger charge is 2.51. The summed E-state index contributed by atoms with van der Waals surface area (Å²) in [5.74, 6) is 0. The molecule has 0 bridgehead atoms. The van der Waals surface area contributed by atoms with Crippen LogP contribution in [0.25, 0.3) is 0 Å². The number of hydrogen-bond acceptors (Lipinski definition) is 3. The molecule has 19 heavy (non-hydrogen) atoms. The van der Waals surface area contributed by atoms with E-state index in [9.17, 15) is 0 Å².